The van der Waals surface area contributed by atoms with Gasteiger partial charge in [-0.2, -0.15) is 0 Å². The molecule has 0 aliphatic rings. The van der Waals surface area contributed by atoms with Crippen molar-refractivity contribution < 1.29 is 9.47 Å². The third-order valence-electron chi connectivity index (χ3n) is 1.04. The van der Waals surface area contributed by atoms with Crippen molar-refractivity contribution >= 4 is 0 Å². The summed E-state index contributed by atoms with van der Waals surface area (Å²) in [4.78, 5) is 0. The summed E-state index contributed by atoms with van der Waals surface area (Å²) in [5, 5.41) is 0. The van der Waals surface area contributed by atoms with E-state index in [-0.39, 0.29) is 0 Å². The van der Waals surface area contributed by atoms with Crippen molar-refractivity contribution in [2.75, 3.05) is 20.3 Å². The Morgan fingerprint density at radius 2 is 1.79 bits per heavy atom. The molecule has 0 aromatic carbocycles. The van der Waals surface area contributed by atoms with Gasteiger partial charge in [0.1, 0.15) is 12.4 Å². The maximum atomic E-state index is 5.22. The van der Waals surface area contributed by atoms with Gasteiger partial charge in [-0.3, -0.25) is 0 Å². The highest BCUT2D eigenvalue weighted by atomic mass is 16.5. The van der Waals surface area contributed by atoms with Crippen LogP contribution >= 0.6 is 0 Å². The maximum absolute atomic E-state index is 5.22. The smallest absolute Gasteiger partial charge is 0.118 e. The van der Waals surface area contributed by atoms with Gasteiger partial charge in [0.05, 0.1) is 6.61 Å². The van der Waals surface area contributed by atoms with Gasteiger partial charge in [0.15, 0.2) is 0 Å². The second-order valence-electron chi connectivity index (χ2n) is 2.56. The summed E-state index contributed by atoms with van der Waals surface area (Å²) in [6.45, 7) is 12.5. The van der Waals surface area contributed by atoms with Crippen LogP contribution in [0.1, 0.15) is 20.3 Å². The molecule has 2 nitrogen and oxygen atoms in total. The quantitative estimate of drug-likeness (QED) is 0.370. The normalized spacial score (nSPS) is 9.79. The standard InChI is InChI=1S/C9H14O2.C3H8/c1-4-6-9(5-2)11-8-7-10-3;1-3-2/h4-6H,1-2,7-8H2,3H3;3H2,1-2H3/b9-6+;. The number of allylic oxidation sites excluding steroid dienone is 3. The van der Waals surface area contributed by atoms with E-state index in [1.54, 1.807) is 25.3 Å². The number of hydrogen-bond donors (Lipinski definition) is 0. The van der Waals surface area contributed by atoms with E-state index in [9.17, 15) is 0 Å². The molecule has 0 aliphatic heterocycles. The van der Waals surface area contributed by atoms with Crippen LogP contribution in [0.2, 0.25) is 0 Å². The van der Waals surface area contributed by atoms with Gasteiger partial charge in [-0.1, -0.05) is 39.5 Å². The molecule has 0 spiro atoms. The van der Waals surface area contributed by atoms with Crippen molar-refractivity contribution in [3.05, 3.63) is 37.1 Å². The lowest BCUT2D eigenvalue weighted by Crippen LogP contribution is -2.00. The Morgan fingerprint density at radius 1 is 1.21 bits per heavy atom. The lowest BCUT2D eigenvalue weighted by molar-refractivity contribution is 0.114. The molecule has 0 aliphatic carbocycles. The zero-order chi connectivity index (χ0) is 11.2. The molecule has 0 atom stereocenters. The van der Waals surface area contributed by atoms with Crippen LogP contribution in [0.4, 0.5) is 0 Å². The van der Waals surface area contributed by atoms with Crippen molar-refractivity contribution in [2.24, 2.45) is 0 Å². The minimum Gasteiger partial charge on any atom is -0.491 e. The zero-order valence-electron chi connectivity index (χ0n) is 9.58. The van der Waals surface area contributed by atoms with Gasteiger partial charge in [-0.25, -0.2) is 0 Å². The van der Waals surface area contributed by atoms with Gasteiger partial charge in [-0.15, -0.1) is 0 Å². The average Bonchev–Trinajstić information content (AvgIpc) is 2.18. The molecule has 0 amide bonds. The molecule has 14 heavy (non-hydrogen) atoms. The summed E-state index contributed by atoms with van der Waals surface area (Å²) in [6.07, 6.45) is 6.30. The molecule has 0 fully saturated rings. The van der Waals surface area contributed by atoms with E-state index in [4.69, 9.17) is 9.47 Å². The summed E-state index contributed by atoms with van der Waals surface area (Å²) < 4.78 is 10.0. The molecular formula is C12H22O2. The highest BCUT2D eigenvalue weighted by Crippen LogP contribution is 1.97. The van der Waals surface area contributed by atoms with Crippen molar-refractivity contribution in [1.82, 2.24) is 0 Å². The van der Waals surface area contributed by atoms with Gasteiger partial charge < -0.3 is 9.47 Å². The van der Waals surface area contributed by atoms with Crippen LogP contribution in [0.15, 0.2) is 37.1 Å². The molecule has 0 bridgehead atoms. The van der Waals surface area contributed by atoms with Crippen LogP contribution in [-0.2, 0) is 9.47 Å². The first-order valence-electron chi connectivity index (χ1n) is 4.83. The highest BCUT2D eigenvalue weighted by molar-refractivity contribution is 5.14. The minimum absolute atomic E-state index is 0.544. The largest absolute Gasteiger partial charge is 0.491 e. The molecule has 0 heterocycles. The lowest BCUT2D eigenvalue weighted by atomic mass is 10.4. The summed E-state index contributed by atoms with van der Waals surface area (Å²) in [7, 11) is 1.63. The molecule has 0 aromatic rings. The second-order valence-corrected chi connectivity index (χ2v) is 2.56. The predicted octanol–water partition coefficient (Wildman–Crippen LogP) is 3.32. The first-order valence-corrected chi connectivity index (χ1v) is 4.83. The van der Waals surface area contributed by atoms with E-state index in [1.165, 1.54) is 6.42 Å². The average molecular weight is 198 g/mol. The summed E-state index contributed by atoms with van der Waals surface area (Å²) >= 11 is 0. The zero-order valence-corrected chi connectivity index (χ0v) is 9.58. The molecular weight excluding hydrogens is 176 g/mol. The fraction of sp³-hybridized carbons (Fsp3) is 0.500. The van der Waals surface area contributed by atoms with Gasteiger partial charge in [-0.05, 0) is 12.2 Å². The number of ether oxygens (including phenoxy) is 2. The lowest BCUT2D eigenvalue weighted by Gasteiger charge is -2.04. The first-order chi connectivity index (χ1) is 6.76. The molecule has 0 aromatic heterocycles. The van der Waals surface area contributed by atoms with Crippen LogP contribution in [0.5, 0.6) is 0 Å². The van der Waals surface area contributed by atoms with Crippen LogP contribution in [0.25, 0.3) is 0 Å². The Balaban J connectivity index is 0. The third-order valence-corrected chi connectivity index (χ3v) is 1.04. The molecule has 2 heteroatoms. The van der Waals surface area contributed by atoms with E-state index in [2.05, 4.69) is 27.0 Å². The summed E-state index contributed by atoms with van der Waals surface area (Å²) in [6, 6.07) is 0. The Labute approximate surface area is 87.9 Å². The SMILES string of the molecule is C=C/C=C(\C=C)OCCOC.CCC. The van der Waals surface area contributed by atoms with Crippen LogP contribution in [0, 0.1) is 0 Å². The molecule has 0 radical (unpaired) electrons. The maximum Gasteiger partial charge on any atom is 0.118 e. The summed E-state index contributed by atoms with van der Waals surface area (Å²) in [5.41, 5.74) is 0. The second kappa shape index (κ2) is 14.5. The Bertz CT molecular complexity index is 160. The Hall–Kier alpha value is -1.02. The van der Waals surface area contributed by atoms with E-state index >= 15 is 0 Å². The Morgan fingerprint density at radius 3 is 2.14 bits per heavy atom. The topological polar surface area (TPSA) is 18.5 Å². The van der Waals surface area contributed by atoms with Crippen molar-refractivity contribution in [3.8, 4) is 0 Å². The monoisotopic (exact) mass is 198 g/mol. The van der Waals surface area contributed by atoms with Gasteiger partial charge in [0, 0.05) is 7.11 Å². The predicted molar refractivity (Wildman–Crippen MR) is 62.3 cm³/mol. The molecule has 0 unspecified atom stereocenters. The highest BCUT2D eigenvalue weighted by Gasteiger charge is 1.88. The number of methoxy groups -OCH3 is 1. The van der Waals surface area contributed by atoms with E-state index in [1.807, 2.05) is 0 Å². The molecule has 0 rings (SSSR count). The summed E-state index contributed by atoms with van der Waals surface area (Å²) in [5.74, 6) is 0.719. The number of rotatable bonds is 6. The number of hydrogen-bond acceptors (Lipinski definition) is 2. The molecule has 0 N–H and O–H groups in total. The first kappa shape index (κ1) is 15.5. The van der Waals surface area contributed by atoms with Crippen LogP contribution in [-0.4, -0.2) is 20.3 Å². The van der Waals surface area contributed by atoms with Crippen LogP contribution < -0.4 is 0 Å². The van der Waals surface area contributed by atoms with E-state index in [0.717, 1.165) is 5.76 Å². The fourth-order valence-electron chi connectivity index (χ4n) is 0.534. The van der Waals surface area contributed by atoms with Crippen molar-refractivity contribution in [2.45, 2.75) is 20.3 Å². The van der Waals surface area contributed by atoms with Crippen molar-refractivity contribution in [1.29, 1.82) is 0 Å². The van der Waals surface area contributed by atoms with Crippen LogP contribution in [0.3, 0.4) is 0 Å². The van der Waals surface area contributed by atoms with Crippen molar-refractivity contribution in [3.63, 3.8) is 0 Å². The Kier molecular flexibility index (Phi) is 16.0. The van der Waals surface area contributed by atoms with E-state index in [0.29, 0.717) is 13.2 Å². The van der Waals surface area contributed by atoms with Gasteiger partial charge in [0.2, 0.25) is 0 Å². The molecule has 0 saturated heterocycles. The molecule has 0 saturated carbocycles. The molecule has 82 valence electrons. The van der Waals surface area contributed by atoms with Gasteiger partial charge in [0.25, 0.3) is 0 Å². The minimum atomic E-state index is 0.544. The third kappa shape index (κ3) is 13.6. The van der Waals surface area contributed by atoms with E-state index < -0.39 is 0 Å². The fourth-order valence-corrected chi connectivity index (χ4v) is 0.534. The van der Waals surface area contributed by atoms with Gasteiger partial charge >= 0.3 is 0 Å².